The number of amides is 2. The van der Waals surface area contributed by atoms with Crippen LogP contribution < -0.4 is 0 Å². The fourth-order valence-corrected chi connectivity index (χ4v) is 5.88. The first kappa shape index (κ1) is 27.4. The highest BCUT2D eigenvalue weighted by Gasteiger charge is 2.35. The maximum atomic E-state index is 13.0. The van der Waals surface area contributed by atoms with Gasteiger partial charge in [0, 0.05) is 63.8 Å². The molecule has 6 nitrogen and oxygen atoms in total. The summed E-state index contributed by atoms with van der Waals surface area (Å²) in [5.74, 6) is 2.24. The van der Waals surface area contributed by atoms with E-state index < -0.39 is 0 Å². The molecule has 2 amide bonds. The summed E-state index contributed by atoms with van der Waals surface area (Å²) in [5.41, 5.74) is 0.0774. The molecule has 34 heavy (non-hydrogen) atoms. The molecule has 6 heteroatoms. The van der Waals surface area contributed by atoms with Crippen LogP contribution in [0.5, 0.6) is 0 Å². The number of carbonyl (C=O) groups is 2. The molecule has 0 radical (unpaired) electrons. The standard InChI is InChI=1S/C28H51N3O3/c1-27(2,3)24-9-7-23(8-10-24)25(32)30-17-15-29(16-18-30)19-20-34-21-22-11-13-31(14-12-22)26(33)28(4,5)6/h22-24H,7-21H2,1-6H3. The van der Waals surface area contributed by atoms with Crippen molar-refractivity contribution in [2.75, 3.05) is 59.0 Å². The molecule has 1 aliphatic carbocycles. The molecule has 0 bridgehead atoms. The maximum absolute atomic E-state index is 13.0. The number of rotatable bonds is 6. The summed E-state index contributed by atoms with van der Waals surface area (Å²) in [6.07, 6.45) is 6.61. The highest BCUT2D eigenvalue weighted by atomic mass is 16.5. The van der Waals surface area contributed by atoms with Crippen LogP contribution in [0.25, 0.3) is 0 Å². The molecule has 3 rings (SSSR count). The lowest BCUT2D eigenvalue weighted by molar-refractivity contribution is -0.141. The van der Waals surface area contributed by atoms with Crippen molar-refractivity contribution in [3.05, 3.63) is 0 Å². The van der Waals surface area contributed by atoms with Gasteiger partial charge >= 0.3 is 0 Å². The van der Waals surface area contributed by atoms with Gasteiger partial charge in [0.1, 0.15) is 0 Å². The molecular weight excluding hydrogens is 426 g/mol. The topological polar surface area (TPSA) is 53.1 Å². The van der Waals surface area contributed by atoms with Crippen LogP contribution in [0.1, 0.15) is 80.1 Å². The van der Waals surface area contributed by atoms with Gasteiger partial charge in [-0.15, -0.1) is 0 Å². The van der Waals surface area contributed by atoms with Gasteiger partial charge in [-0.25, -0.2) is 0 Å². The summed E-state index contributed by atoms with van der Waals surface area (Å²) < 4.78 is 6.02. The molecule has 0 N–H and O–H groups in total. The van der Waals surface area contributed by atoms with E-state index in [1.54, 1.807) is 0 Å². The highest BCUT2D eigenvalue weighted by Crippen LogP contribution is 2.40. The fraction of sp³-hybridized carbons (Fsp3) is 0.929. The van der Waals surface area contributed by atoms with Crippen molar-refractivity contribution in [1.29, 1.82) is 0 Å². The molecule has 2 saturated heterocycles. The summed E-state index contributed by atoms with van der Waals surface area (Å²) in [4.78, 5) is 32.0. The minimum Gasteiger partial charge on any atom is -0.380 e. The number of ether oxygens (including phenoxy) is 1. The van der Waals surface area contributed by atoms with Crippen LogP contribution in [-0.2, 0) is 14.3 Å². The maximum Gasteiger partial charge on any atom is 0.227 e. The van der Waals surface area contributed by atoms with Gasteiger partial charge in [0.2, 0.25) is 11.8 Å². The molecule has 3 fully saturated rings. The van der Waals surface area contributed by atoms with E-state index >= 15 is 0 Å². The Kier molecular flexibility index (Phi) is 9.47. The minimum absolute atomic E-state index is 0.249. The van der Waals surface area contributed by atoms with Crippen LogP contribution in [0.2, 0.25) is 0 Å². The van der Waals surface area contributed by atoms with Gasteiger partial charge in [-0.2, -0.15) is 0 Å². The molecule has 1 saturated carbocycles. The van der Waals surface area contributed by atoms with E-state index in [-0.39, 0.29) is 17.2 Å². The average molecular weight is 478 g/mol. The summed E-state index contributed by atoms with van der Waals surface area (Å²) in [7, 11) is 0. The molecular formula is C28H51N3O3. The number of piperazine rings is 1. The first-order valence-corrected chi connectivity index (χ1v) is 13.8. The molecule has 196 valence electrons. The summed E-state index contributed by atoms with van der Waals surface area (Å²) >= 11 is 0. The van der Waals surface area contributed by atoms with E-state index in [9.17, 15) is 9.59 Å². The van der Waals surface area contributed by atoms with Gasteiger partial charge in [0.05, 0.1) is 6.61 Å². The number of hydrogen-bond donors (Lipinski definition) is 0. The van der Waals surface area contributed by atoms with Crippen LogP contribution in [0.4, 0.5) is 0 Å². The largest absolute Gasteiger partial charge is 0.380 e. The van der Waals surface area contributed by atoms with Crippen LogP contribution in [0.3, 0.4) is 0 Å². The molecule has 3 aliphatic rings. The second kappa shape index (κ2) is 11.7. The number of piperidine rings is 1. The van der Waals surface area contributed by atoms with Gasteiger partial charge in [-0.05, 0) is 55.8 Å². The molecule has 0 spiro atoms. The summed E-state index contributed by atoms with van der Waals surface area (Å²) in [6, 6.07) is 0. The van der Waals surface area contributed by atoms with Gasteiger partial charge in [-0.1, -0.05) is 41.5 Å². The van der Waals surface area contributed by atoms with Gasteiger partial charge in [0.25, 0.3) is 0 Å². The SMILES string of the molecule is CC(C)(C)C(=O)N1CCC(COCCN2CCN(C(=O)C3CCC(C(C)(C)C)CC3)CC2)CC1. The van der Waals surface area contributed by atoms with Crippen molar-refractivity contribution >= 4 is 11.8 Å². The second-order valence-corrected chi connectivity index (χ2v) is 13.1. The average Bonchev–Trinajstić information content (AvgIpc) is 2.80. The Labute approximate surface area is 208 Å². The van der Waals surface area contributed by atoms with E-state index in [1.165, 1.54) is 12.8 Å². The zero-order valence-electron chi connectivity index (χ0n) is 22.9. The van der Waals surface area contributed by atoms with Crippen LogP contribution >= 0.6 is 0 Å². The first-order valence-electron chi connectivity index (χ1n) is 13.8. The lowest BCUT2D eigenvalue weighted by Gasteiger charge is -2.40. The van der Waals surface area contributed by atoms with Crippen molar-refractivity contribution < 1.29 is 14.3 Å². The third-order valence-electron chi connectivity index (χ3n) is 8.43. The van der Waals surface area contributed by atoms with Gasteiger partial charge in [0.15, 0.2) is 0 Å². The van der Waals surface area contributed by atoms with E-state index in [0.29, 0.717) is 17.2 Å². The zero-order valence-corrected chi connectivity index (χ0v) is 22.9. The Morgan fingerprint density at radius 2 is 1.35 bits per heavy atom. The summed E-state index contributed by atoms with van der Waals surface area (Å²) in [5, 5.41) is 0. The lowest BCUT2D eigenvalue weighted by atomic mass is 9.69. The predicted molar refractivity (Wildman–Crippen MR) is 138 cm³/mol. The third-order valence-corrected chi connectivity index (χ3v) is 8.43. The zero-order chi connectivity index (χ0) is 24.9. The second-order valence-electron chi connectivity index (χ2n) is 13.1. The van der Waals surface area contributed by atoms with E-state index in [2.05, 4.69) is 30.6 Å². The first-order chi connectivity index (χ1) is 15.9. The van der Waals surface area contributed by atoms with Crippen molar-refractivity contribution in [3.63, 3.8) is 0 Å². The molecule has 0 aromatic heterocycles. The van der Waals surface area contributed by atoms with Gasteiger partial charge in [-0.3, -0.25) is 14.5 Å². The number of carbonyl (C=O) groups excluding carboxylic acids is 2. The molecule has 0 unspecified atom stereocenters. The van der Waals surface area contributed by atoms with E-state index in [1.807, 2.05) is 25.7 Å². The quantitative estimate of drug-likeness (QED) is 0.536. The third kappa shape index (κ3) is 7.68. The number of nitrogens with zero attached hydrogens (tertiary/aromatic N) is 3. The highest BCUT2D eigenvalue weighted by molar-refractivity contribution is 5.81. The van der Waals surface area contributed by atoms with Crippen molar-refractivity contribution in [1.82, 2.24) is 14.7 Å². The lowest BCUT2D eigenvalue weighted by Crippen LogP contribution is -2.51. The Morgan fingerprint density at radius 3 is 1.88 bits per heavy atom. The number of hydrogen-bond acceptors (Lipinski definition) is 4. The Hall–Kier alpha value is -1.14. The monoisotopic (exact) mass is 477 g/mol. The van der Waals surface area contributed by atoms with Gasteiger partial charge < -0.3 is 14.5 Å². The Bertz CT molecular complexity index is 657. The van der Waals surface area contributed by atoms with Crippen LogP contribution in [0.15, 0.2) is 0 Å². The predicted octanol–water partition coefficient (Wildman–Crippen LogP) is 4.28. The fourth-order valence-electron chi connectivity index (χ4n) is 5.88. The van der Waals surface area contributed by atoms with Crippen LogP contribution in [-0.4, -0.2) is 85.5 Å². The summed E-state index contributed by atoms with van der Waals surface area (Å²) in [6.45, 7) is 20.9. The van der Waals surface area contributed by atoms with E-state index in [4.69, 9.17) is 4.74 Å². The molecule has 2 heterocycles. The molecule has 0 aromatic rings. The number of likely N-dealkylation sites (tertiary alicyclic amines) is 1. The van der Waals surface area contributed by atoms with Crippen molar-refractivity contribution in [2.24, 2.45) is 28.6 Å². The Balaban J connectivity index is 1.26. The van der Waals surface area contributed by atoms with Crippen LogP contribution in [0, 0.1) is 28.6 Å². The van der Waals surface area contributed by atoms with Crippen molar-refractivity contribution in [3.8, 4) is 0 Å². The normalized spacial score (nSPS) is 26.1. The van der Waals surface area contributed by atoms with E-state index in [0.717, 1.165) is 90.6 Å². The minimum atomic E-state index is -0.288. The molecule has 2 aliphatic heterocycles. The Morgan fingerprint density at radius 1 is 0.765 bits per heavy atom. The molecule has 0 atom stereocenters. The smallest absolute Gasteiger partial charge is 0.227 e. The van der Waals surface area contributed by atoms with Crippen molar-refractivity contribution in [2.45, 2.75) is 80.1 Å². The molecule has 0 aromatic carbocycles.